The van der Waals surface area contributed by atoms with Crippen LogP contribution in [0, 0.1) is 31.6 Å². The van der Waals surface area contributed by atoms with E-state index >= 15 is 0 Å². The van der Waals surface area contributed by atoms with Crippen molar-refractivity contribution in [3.8, 4) is 10.7 Å². The van der Waals surface area contributed by atoms with Gasteiger partial charge in [-0.15, -0.1) is 21.5 Å². The van der Waals surface area contributed by atoms with E-state index in [-0.39, 0.29) is 5.91 Å². The average molecular weight is 467 g/mol. The van der Waals surface area contributed by atoms with E-state index in [1.165, 1.54) is 37.4 Å². The number of nitrogens with zero attached hydrogens (tertiary/aromatic N) is 3. The molecule has 2 saturated carbocycles. The fourth-order valence-electron chi connectivity index (χ4n) is 5.58. The van der Waals surface area contributed by atoms with Gasteiger partial charge in [0.25, 0.3) is 0 Å². The number of carbonyl (C=O) groups is 1. The number of rotatable bonds is 7. The van der Waals surface area contributed by atoms with E-state index in [1.807, 2.05) is 26.0 Å². The van der Waals surface area contributed by atoms with Gasteiger partial charge in [-0.1, -0.05) is 36.4 Å². The summed E-state index contributed by atoms with van der Waals surface area (Å²) < 4.78 is 2.31. The standard InChI is InChI=1S/C25H30N4OS2/c1-15-6-7-16(2)21(11-15)26-23(30)14-32-25-28-27-24(22-5-4-10-31-22)29(25)17(3)20-13-18-8-9-19(20)12-18/h4-7,10-11,17-20H,8-9,12-14H2,1-3H3,(H,26,30)/t17-,18+,19+,20-/m1/s1. The number of amides is 1. The molecule has 1 aromatic carbocycles. The first-order valence-electron chi connectivity index (χ1n) is 11.5. The predicted octanol–water partition coefficient (Wildman–Crippen LogP) is 6.35. The molecule has 0 spiro atoms. The van der Waals surface area contributed by atoms with Crippen molar-refractivity contribution >= 4 is 34.7 Å². The fraction of sp³-hybridized carbons (Fsp3) is 0.480. The topological polar surface area (TPSA) is 59.8 Å². The Balaban J connectivity index is 1.35. The molecule has 0 aliphatic heterocycles. The Morgan fingerprint density at radius 3 is 2.84 bits per heavy atom. The van der Waals surface area contributed by atoms with Crippen LogP contribution in [0.15, 0.2) is 40.9 Å². The quantitative estimate of drug-likeness (QED) is 0.412. The smallest absolute Gasteiger partial charge is 0.234 e. The van der Waals surface area contributed by atoms with Crippen LogP contribution < -0.4 is 5.32 Å². The van der Waals surface area contributed by atoms with Gasteiger partial charge in [0.05, 0.1) is 10.6 Å². The van der Waals surface area contributed by atoms with Crippen molar-refractivity contribution in [2.75, 3.05) is 11.1 Å². The van der Waals surface area contributed by atoms with E-state index in [2.05, 4.69) is 50.6 Å². The van der Waals surface area contributed by atoms with E-state index in [9.17, 15) is 4.79 Å². The van der Waals surface area contributed by atoms with E-state index in [1.54, 1.807) is 11.3 Å². The van der Waals surface area contributed by atoms with Gasteiger partial charge < -0.3 is 5.32 Å². The molecule has 168 valence electrons. The summed E-state index contributed by atoms with van der Waals surface area (Å²) in [4.78, 5) is 13.9. The van der Waals surface area contributed by atoms with Crippen molar-refractivity contribution in [2.45, 2.75) is 57.7 Å². The fourth-order valence-corrected chi connectivity index (χ4v) is 7.11. The van der Waals surface area contributed by atoms with Crippen LogP contribution in [0.25, 0.3) is 10.7 Å². The van der Waals surface area contributed by atoms with E-state index in [0.29, 0.717) is 17.7 Å². The molecule has 7 heteroatoms. The minimum Gasteiger partial charge on any atom is -0.325 e. The van der Waals surface area contributed by atoms with Crippen molar-refractivity contribution in [1.29, 1.82) is 0 Å². The minimum atomic E-state index is -0.0106. The van der Waals surface area contributed by atoms with E-state index in [0.717, 1.165) is 44.5 Å². The Hall–Kier alpha value is -2.12. The van der Waals surface area contributed by atoms with Crippen LogP contribution in [0.1, 0.15) is 49.8 Å². The molecule has 2 aliphatic rings. The molecule has 3 aromatic rings. The molecule has 1 amide bonds. The number of fused-ring (bicyclic) bond motifs is 2. The normalized spacial score (nSPS) is 22.9. The molecule has 2 fully saturated rings. The molecule has 1 N–H and O–H groups in total. The highest BCUT2D eigenvalue weighted by atomic mass is 32.2. The number of aryl methyl sites for hydroxylation is 2. The molecule has 0 unspecified atom stereocenters. The first-order valence-corrected chi connectivity index (χ1v) is 13.3. The lowest BCUT2D eigenvalue weighted by Crippen LogP contribution is -2.23. The zero-order valence-corrected chi connectivity index (χ0v) is 20.5. The molecule has 5 rings (SSSR count). The predicted molar refractivity (Wildman–Crippen MR) is 132 cm³/mol. The average Bonchev–Trinajstić information content (AvgIpc) is 3.57. The SMILES string of the molecule is Cc1ccc(C)c(NC(=O)CSc2nnc(-c3cccs3)n2[C@H](C)[C@H]2C[C@H]3CC[C@H]2C3)c1. The second-order valence-electron chi connectivity index (χ2n) is 9.39. The first kappa shape index (κ1) is 21.7. The molecule has 32 heavy (non-hydrogen) atoms. The molecule has 4 atom stereocenters. The molecule has 2 heterocycles. The Labute approximate surface area is 198 Å². The third-order valence-electron chi connectivity index (χ3n) is 7.23. The summed E-state index contributed by atoms with van der Waals surface area (Å²) in [6.45, 7) is 6.38. The number of thiophene rings is 1. The van der Waals surface area contributed by atoms with Crippen LogP contribution in [0.5, 0.6) is 0 Å². The summed E-state index contributed by atoms with van der Waals surface area (Å²) in [5.74, 6) is 3.63. The van der Waals surface area contributed by atoms with Crippen LogP contribution >= 0.6 is 23.1 Å². The largest absolute Gasteiger partial charge is 0.325 e. The third kappa shape index (κ3) is 4.25. The highest BCUT2D eigenvalue weighted by Gasteiger charge is 2.43. The van der Waals surface area contributed by atoms with E-state index in [4.69, 9.17) is 0 Å². The number of hydrogen-bond donors (Lipinski definition) is 1. The molecular weight excluding hydrogens is 436 g/mol. The summed E-state index contributed by atoms with van der Waals surface area (Å²) in [5.41, 5.74) is 3.09. The minimum absolute atomic E-state index is 0.0106. The first-order chi connectivity index (χ1) is 15.5. The Morgan fingerprint density at radius 1 is 1.25 bits per heavy atom. The molecule has 2 bridgehead atoms. The summed E-state index contributed by atoms with van der Waals surface area (Å²) in [6, 6.07) is 10.6. The monoisotopic (exact) mass is 466 g/mol. The van der Waals surface area contributed by atoms with Gasteiger partial charge >= 0.3 is 0 Å². The Bertz CT molecular complexity index is 1110. The summed E-state index contributed by atoms with van der Waals surface area (Å²) in [5, 5.41) is 15.1. The number of carbonyl (C=O) groups excluding carboxylic acids is 1. The van der Waals surface area contributed by atoms with Crippen molar-refractivity contribution in [3.63, 3.8) is 0 Å². The maximum absolute atomic E-state index is 12.7. The van der Waals surface area contributed by atoms with Crippen LogP contribution in [-0.2, 0) is 4.79 Å². The zero-order valence-electron chi connectivity index (χ0n) is 18.9. The van der Waals surface area contributed by atoms with Gasteiger partial charge in [-0.3, -0.25) is 9.36 Å². The highest BCUT2D eigenvalue weighted by molar-refractivity contribution is 7.99. The van der Waals surface area contributed by atoms with Crippen molar-refractivity contribution < 1.29 is 4.79 Å². The van der Waals surface area contributed by atoms with Gasteiger partial charge in [0.1, 0.15) is 0 Å². The van der Waals surface area contributed by atoms with Gasteiger partial charge in [0.15, 0.2) is 11.0 Å². The Morgan fingerprint density at radius 2 is 2.12 bits per heavy atom. The van der Waals surface area contributed by atoms with Gasteiger partial charge in [0, 0.05) is 11.7 Å². The molecule has 2 aliphatic carbocycles. The zero-order chi connectivity index (χ0) is 22.2. The number of aromatic nitrogens is 3. The third-order valence-corrected chi connectivity index (χ3v) is 9.03. The number of benzene rings is 1. The highest BCUT2D eigenvalue weighted by Crippen LogP contribution is 2.53. The molecular formula is C25H30N4OS2. The van der Waals surface area contributed by atoms with Crippen LogP contribution in [0.4, 0.5) is 5.69 Å². The van der Waals surface area contributed by atoms with Gasteiger partial charge in [-0.25, -0.2) is 0 Å². The van der Waals surface area contributed by atoms with Gasteiger partial charge in [-0.2, -0.15) is 0 Å². The number of hydrogen-bond acceptors (Lipinski definition) is 5. The molecule has 0 saturated heterocycles. The summed E-state index contributed by atoms with van der Waals surface area (Å²) in [6.07, 6.45) is 5.45. The van der Waals surface area contributed by atoms with Crippen molar-refractivity contribution in [3.05, 3.63) is 46.8 Å². The maximum atomic E-state index is 12.7. The summed E-state index contributed by atoms with van der Waals surface area (Å²) in [7, 11) is 0. The van der Waals surface area contributed by atoms with Crippen LogP contribution in [-0.4, -0.2) is 26.4 Å². The number of nitrogens with one attached hydrogen (secondary N) is 1. The Kier molecular flexibility index (Phi) is 6.12. The van der Waals surface area contributed by atoms with Crippen molar-refractivity contribution in [2.24, 2.45) is 17.8 Å². The second kappa shape index (κ2) is 9.02. The van der Waals surface area contributed by atoms with E-state index < -0.39 is 0 Å². The van der Waals surface area contributed by atoms with Gasteiger partial charge in [0.2, 0.25) is 5.91 Å². The molecule has 5 nitrogen and oxygen atoms in total. The summed E-state index contributed by atoms with van der Waals surface area (Å²) >= 11 is 3.19. The lowest BCUT2D eigenvalue weighted by molar-refractivity contribution is -0.113. The van der Waals surface area contributed by atoms with Crippen LogP contribution in [0.3, 0.4) is 0 Å². The lowest BCUT2D eigenvalue weighted by Gasteiger charge is -2.30. The second-order valence-corrected chi connectivity index (χ2v) is 11.3. The number of anilines is 1. The number of thioether (sulfide) groups is 1. The molecule has 0 radical (unpaired) electrons. The van der Waals surface area contributed by atoms with Crippen molar-refractivity contribution in [1.82, 2.24) is 14.8 Å². The van der Waals surface area contributed by atoms with Gasteiger partial charge in [-0.05, 0) is 86.4 Å². The molecule has 2 aromatic heterocycles. The maximum Gasteiger partial charge on any atom is 0.234 e. The van der Waals surface area contributed by atoms with Crippen LogP contribution in [0.2, 0.25) is 0 Å². The lowest BCUT2D eigenvalue weighted by atomic mass is 9.84.